The van der Waals surface area contributed by atoms with Crippen LogP contribution in [0.5, 0.6) is 0 Å². The molecule has 0 aliphatic carbocycles. The zero-order valence-electron chi connectivity index (χ0n) is 13.7. The number of rotatable bonds is 8. The van der Waals surface area contributed by atoms with Gasteiger partial charge in [-0.3, -0.25) is 4.40 Å². The molecule has 0 bridgehead atoms. The summed E-state index contributed by atoms with van der Waals surface area (Å²) in [5.41, 5.74) is 7.33. The Morgan fingerprint density at radius 1 is 1.38 bits per heavy atom. The van der Waals surface area contributed by atoms with Crippen LogP contribution in [0.3, 0.4) is 0 Å². The van der Waals surface area contributed by atoms with Crippen molar-refractivity contribution in [3.05, 3.63) is 17.3 Å². The molecule has 2 rings (SSSR count). The maximum atomic E-state index is 6.06. The largest absolute Gasteiger partial charge is 0.352 e. The van der Waals surface area contributed by atoms with Crippen LogP contribution < -0.4 is 10.6 Å². The van der Waals surface area contributed by atoms with Gasteiger partial charge >= 0.3 is 0 Å². The molecule has 21 heavy (non-hydrogen) atoms. The van der Waals surface area contributed by atoms with E-state index in [1.807, 2.05) is 0 Å². The maximum Gasteiger partial charge on any atom is 0.195 e. The smallest absolute Gasteiger partial charge is 0.195 e. The number of imidazole rings is 1. The standard InChI is InChI=1S/C16H28N4S/c1-5-7-8-19(13(4)6-2)15-14(11-12(3)17)20-9-10-21-16(20)18-15/h9-10,12-13H,5-8,11,17H2,1-4H3. The highest BCUT2D eigenvalue weighted by Crippen LogP contribution is 2.28. The molecule has 0 fully saturated rings. The Morgan fingerprint density at radius 3 is 2.76 bits per heavy atom. The molecule has 0 radical (unpaired) electrons. The first-order valence-corrected chi connectivity index (χ1v) is 8.93. The lowest BCUT2D eigenvalue weighted by atomic mass is 10.1. The van der Waals surface area contributed by atoms with Crippen molar-refractivity contribution in [2.75, 3.05) is 11.4 Å². The summed E-state index contributed by atoms with van der Waals surface area (Å²) in [7, 11) is 0. The van der Waals surface area contributed by atoms with Gasteiger partial charge in [-0.2, -0.15) is 0 Å². The average Bonchev–Trinajstić information content (AvgIpc) is 3.02. The van der Waals surface area contributed by atoms with Crippen molar-refractivity contribution in [2.24, 2.45) is 5.73 Å². The third-order valence-corrected chi connectivity index (χ3v) is 4.76. The molecule has 0 aliphatic heterocycles. The fourth-order valence-corrected chi connectivity index (χ4v) is 3.36. The normalized spacial score (nSPS) is 14.5. The second kappa shape index (κ2) is 7.27. The number of aromatic nitrogens is 2. The van der Waals surface area contributed by atoms with Crippen LogP contribution in [-0.2, 0) is 6.42 Å². The fourth-order valence-electron chi connectivity index (χ4n) is 2.63. The molecule has 0 amide bonds. The summed E-state index contributed by atoms with van der Waals surface area (Å²) in [6.07, 6.45) is 6.52. The van der Waals surface area contributed by atoms with Crippen LogP contribution >= 0.6 is 11.3 Å². The molecule has 4 nitrogen and oxygen atoms in total. The minimum atomic E-state index is 0.147. The summed E-state index contributed by atoms with van der Waals surface area (Å²) in [6, 6.07) is 0.654. The summed E-state index contributed by atoms with van der Waals surface area (Å²) < 4.78 is 2.21. The van der Waals surface area contributed by atoms with Crippen LogP contribution in [0, 0.1) is 0 Å². The van der Waals surface area contributed by atoms with E-state index in [0.29, 0.717) is 6.04 Å². The number of anilines is 1. The Kier molecular flexibility index (Phi) is 5.65. The Morgan fingerprint density at radius 2 is 2.14 bits per heavy atom. The maximum absolute atomic E-state index is 6.06. The minimum Gasteiger partial charge on any atom is -0.352 e. The molecular weight excluding hydrogens is 280 g/mol. The highest BCUT2D eigenvalue weighted by atomic mass is 32.1. The molecule has 2 N–H and O–H groups in total. The van der Waals surface area contributed by atoms with Crippen LogP contribution in [-0.4, -0.2) is 28.0 Å². The van der Waals surface area contributed by atoms with Gasteiger partial charge in [0, 0.05) is 36.6 Å². The second-order valence-electron chi connectivity index (χ2n) is 5.92. The summed E-state index contributed by atoms with van der Waals surface area (Å²) in [6.45, 7) is 9.91. The first kappa shape index (κ1) is 16.3. The van der Waals surface area contributed by atoms with Gasteiger partial charge in [-0.25, -0.2) is 4.98 Å². The molecule has 118 valence electrons. The molecule has 2 atom stereocenters. The van der Waals surface area contributed by atoms with Crippen molar-refractivity contribution in [3.63, 3.8) is 0 Å². The SMILES string of the molecule is CCCCN(c1nc2sccn2c1CC(C)N)C(C)CC. The van der Waals surface area contributed by atoms with Gasteiger partial charge in [0.2, 0.25) is 0 Å². The van der Waals surface area contributed by atoms with E-state index in [1.54, 1.807) is 11.3 Å². The topological polar surface area (TPSA) is 46.6 Å². The van der Waals surface area contributed by atoms with Crippen LogP contribution in [0.4, 0.5) is 5.82 Å². The summed E-state index contributed by atoms with van der Waals surface area (Å²) >= 11 is 1.69. The van der Waals surface area contributed by atoms with E-state index in [9.17, 15) is 0 Å². The molecule has 2 aromatic heterocycles. The zero-order chi connectivity index (χ0) is 15.4. The van der Waals surface area contributed by atoms with E-state index in [0.717, 1.165) is 30.2 Å². The molecule has 0 saturated carbocycles. The lowest BCUT2D eigenvalue weighted by Gasteiger charge is -2.30. The Hall–Kier alpha value is -1.07. The fraction of sp³-hybridized carbons (Fsp3) is 0.688. The predicted molar refractivity (Wildman–Crippen MR) is 92.4 cm³/mol. The summed E-state index contributed by atoms with van der Waals surface area (Å²) in [5.74, 6) is 1.14. The van der Waals surface area contributed by atoms with Crippen LogP contribution in [0.2, 0.25) is 0 Å². The lowest BCUT2D eigenvalue weighted by molar-refractivity contribution is 0.585. The third-order valence-electron chi connectivity index (χ3n) is 4.00. The highest BCUT2D eigenvalue weighted by Gasteiger charge is 2.22. The number of fused-ring (bicyclic) bond motifs is 1. The third kappa shape index (κ3) is 3.58. The number of nitrogens with two attached hydrogens (primary N) is 1. The molecule has 2 aromatic rings. The molecule has 0 aromatic carbocycles. The van der Waals surface area contributed by atoms with E-state index >= 15 is 0 Å². The Labute approximate surface area is 132 Å². The quantitative estimate of drug-likeness (QED) is 0.809. The summed E-state index contributed by atoms with van der Waals surface area (Å²) in [5, 5.41) is 2.09. The van der Waals surface area contributed by atoms with Gasteiger partial charge in [-0.1, -0.05) is 20.3 Å². The van der Waals surface area contributed by atoms with Gasteiger partial charge < -0.3 is 10.6 Å². The first-order chi connectivity index (χ1) is 10.1. The van der Waals surface area contributed by atoms with Gasteiger partial charge in [0.1, 0.15) is 0 Å². The molecule has 0 saturated heterocycles. The Bertz CT molecular complexity index is 558. The molecular formula is C16H28N4S. The van der Waals surface area contributed by atoms with Crippen LogP contribution in [0.25, 0.3) is 4.96 Å². The van der Waals surface area contributed by atoms with Crippen molar-refractivity contribution in [1.29, 1.82) is 0 Å². The number of hydrogen-bond acceptors (Lipinski definition) is 4. The number of unbranched alkanes of at least 4 members (excludes halogenated alkanes) is 1. The van der Waals surface area contributed by atoms with E-state index in [2.05, 4.69) is 48.6 Å². The highest BCUT2D eigenvalue weighted by molar-refractivity contribution is 7.15. The van der Waals surface area contributed by atoms with Gasteiger partial charge in [-0.05, 0) is 26.7 Å². The van der Waals surface area contributed by atoms with Crippen molar-refractivity contribution in [1.82, 2.24) is 9.38 Å². The van der Waals surface area contributed by atoms with Crippen molar-refractivity contribution in [2.45, 2.75) is 65.5 Å². The van der Waals surface area contributed by atoms with Crippen molar-refractivity contribution < 1.29 is 0 Å². The van der Waals surface area contributed by atoms with Crippen LogP contribution in [0.1, 0.15) is 52.7 Å². The first-order valence-electron chi connectivity index (χ1n) is 8.05. The van der Waals surface area contributed by atoms with Gasteiger partial charge in [0.15, 0.2) is 10.8 Å². The number of nitrogens with zero attached hydrogens (tertiary/aromatic N) is 3. The summed E-state index contributed by atoms with van der Waals surface area (Å²) in [4.78, 5) is 8.45. The van der Waals surface area contributed by atoms with Gasteiger partial charge in [0.05, 0.1) is 5.69 Å². The number of hydrogen-bond donors (Lipinski definition) is 1. The van der Waals surface area contributed by atoms with Crippen molar-refractivity contribution in [3.8, 4) is 0 Å². The lowest BCUT2D eigenvalue weighted by Crippen LogP contribution is -2.35. The monoisotopic (exact) mass is 308 g/mol. The molecule has 0 aliphatic rings. The minimum absolute atomic E-state index is 0.147. The van der Waals surface area contributed by atoms with Gasteiger partial charge in [0.25, 0.3) is 0 Å². The Balaban J connectivity index is 2.42. The van der Waals surface area contributed by atoms with E-state index in [1.165, 1.54) is 18.5 Å². The van der Waals surface area contributed by atoms with E-state index < -0.39 is 0 Å². The molecule has 5 heteroatoms. The molecule has 2 heterocycles. The van der Waals surface area contributed by atoms with Gasteiger partial charge in [-0.15, -0.1) is 11.3 Å². The average molecular weight is 308 g/mol. The second-order valence-corrected chi connectivity index (χ2v) is 6.80. The predicted octanol–water partition coefficient (Wildman–Crippen LogP) is 3.69. The zero-order valence-corrected chi connectivity index (χ0v) is 14.5. The molecule has 0 spiro atoms. The van der Waals surface area contributed by atoms with E-state index in [-0.39, 0.29) is 6.04 Å². The number of thiazole rings is 1. The van der Waals surface area contributed by atoms with E-state index in [4.69, 9.17) is 10.7 Å². The molecule has 2 unspecified atom stereocenters. The van der Waals surface area contributed by atoms with Crippen molar-refractivity contribution >= 4 is 22.1 Å². The van der Waals surface area contributed by atoms with Crippen LogP contribution in [0.15, 0.2) is 11.6 Å².